The molecule has 116 valence electrons. The second-order valence-corrected chi connectivity index (χ2v) is 4.91. The van der Waals surface area contributed by atoms with Gasteiger partial charge in [0.05, 0.1) is 19.8 Å². The Hall–Kier alpha value is -3.08. The summed E-state index contributed by atoms with van der Waals surface area (Å²) in [5, 5.41) is 4.90. The fraction of sp³-hybridized carbons (Fsp3) is 0.111. The molecule has 3 rings (SSSR count). The number of hydrogen-bond acceptors (Lipinski definition) is 5. The van der Waals surface area contributed by atoms with Crippen molar-refractivity contribution < 1.29 is 14.3 Å². The second-order valence-electron chi connectivity index (χ2n) is 4.91. The van der Waals surface area contributed by atoms with Crippen molar-refractivity contribution in [3.8, 4) is 5.75 Å². The van der Waals surface area contributed by atoms with Crippen molar-refractivity contribution in [3.05, 3.63) is 60.3 Å². The van der Waals surface area contributed by atoms with E-state index in [1.165, 1.54) is 13.3 Å². The van der Waals surface area contributed by atoms with Crippen LogP contribution in [0.3, 0.4) is 0 Å². The minimum absolute atomic E-state index is 0.401. The van der Waals surface area contributed by atoms with E-state index in [1.807, 2.05) is 48.5 Å². The lowest BCUT2D eigenvalue weighted by Crippen LogP contribution is -2.04. The number of fused-ring (bicyclic) bond motifs is 1. The lowest BCUT2D eigenvalue weighted by Gasteiger charge is -2.12. The molecule has 1 aromatic heterocycles. The highest BCUT2D eigenvalue weighted by molar-refractivity contribution is 6.07. The number of aromatic nitrogens is 1. The van der Waals surface area contributed by atoms with Crippen molar-refractivity contribution in [1.82, 2.24) is 4.98 Å². The Morgan fingerprint density at radius 2 is 1.83 bits per heavy atom. The van der Waals surface area contributed by atoms with Gasteiger partial charge in [-0.05, 0) is 12.1 Å². The Kier molecular flexibility index (Phi) is 4.10. The molecule has 1 N–H and O–H groups in total. The first-order chi connectivity index (χ1) is 11.2. The molecular formula is C18H16N2O3. The van der Waals surface area contributed by atoms with Crippen LogP contribution in [0.4, 0.5) is 11.5 Å². The Balaban J connectivity index is 2.06. The summed E-state index contributed by atoms with van der Waals surface area (Å²) >= 11 is 0. The molecule has 3 aromatic rings. The van der Waals surface area contributed by atoms with Gasteiger partial charge in [-0.25, -0.2) is 9.78 Å². The highest BCUT2D eigenvalue weighted by Gasteiger charge is 2.13. The molecule has 2 aromatic carbocycles. The molecule has 5 heteroatoms. The van der Waals surface area contributed by atoms with Crippen molar-refractivity contribution >= 4 is 28.2 Å². The highest BCUT2D eigenvalue weighted by Crippen LogP contribution is 2.28. The number of nitrogens with zero attached hydrogens (tertiary/aromatic N) is 1. The van der Waals surface area contributed by atoms with Gasteiger partial charge in [-0.2, -0.15) is 0 Å². The van der Waals surface area contributed by atoms with Crippen molar-refractivity contribution in [2.24, 2.45) is 0 Å². The third-order valence-electron chi connectivity index (χ3n) is 3.53. The molecule has 0 saturated heterocycles. The topological polar surface area (TPSA) is 60.5 Å². The molecule has 23 heavy (non-hydrogen) atoms. The third kappa shape index (κ3) is 2.94. The number of carbonyl (C=O) groups excluding carboxylic acids is 1. The van der Waals surface area contributed by atoms with Crippen molar-refractivity contribution in [1.29, 1.82) is 0 Å². The van der Waals surface area contributed by atoms with Crippen LogP contribution in [-0.4, -0.2) is 25.2 Å². The fourth-order valence-electron chi connectivity index (χ4n) is 2.40. The summed E-state index contributed by atoms with van der Waals surface area (Å²) in [6.45, 7) is 0. The largest absolute Gasteiger partial charge is 0.497 e. The monoisotopic (exact) mass is 308 g/mol. The Morgan fingerprint density at radius 3 is 2.57 bits per heavy atom. The quantitative estimate of drug-likeness (QED) is 0.743. The van der Waals surface area contributed by atoms with E-state index in [-0.39, 0.29) is 0 Å². The van der Waals surface area contributed by atoms with Gasteiger partial charge in [0, 0.05) is 28.7 Å². The second kappa shape index (κ2) is 6.36. The van der Waals surface area contributed by atoms with Crippen LogP contribution in [0.2, 0.25) is 0 Å². The molecular weight excluding hydrogens is 292 g/mol. The Bertz CT molecular complexity index is 862. The van der Waals surface area contributed by atoms with Crippen LogP contribution in [0.1, 0.15) is 10.4 Å². The summed E-state index contributed by atoms with van der Waals surface area (Å²) in [5.74, 6) is 1.02. The third-order valence-corrected chi connectivity index (χ3v) is 3.53. The number of rotatable bonds is 4. The number of benzene rings is 2. The SMILES string of the molecule is COC(=O)c1cnc(Nc2cccc(OC)c2)c2ccccc12. The van der Waals surface area contributed by atoms with Crippen LogP contribution in [0, 0.1) is 0 Å². The highest BCUT2D eigenvalue weighted by atomic mass is 16.5. The van der Waals surface area contributed by atoms with E-state index in [9.17, 15) is 4.79 Å². The average molecular weight is 308 g/mol. The van der Waals surface area contributed by atoms with Gasteiger partial charge in [0.1, 0.15) is 11.6 Å². The molecule has 0 aliphatic carbocycles. The first-order valence-electron chi connectivity index (χ1n) is 7.10. The summed E-state index contributed by atoms with van der Waals surface area (Å²) < 4.78 is 10.0. The molecule has 0 radical (unpaired) electrons. The average Bonchev–Trinajstić information content (AvgIpc) is 2.61. The van der Waals surface area contributed by atoms with Crippen LogP contribution >= 0.6 is 0 Å². The number of carbonyl (C=O) groups is 1. The summed E-state index contributed by atoms with van der Waals surface area (Å²) in [6.07, 6.45) is 1.52. The maximum absolute atomic E-state index is 11.9. The molecule has 0 unspecified atom stereocenters. The van der Waals surface area contributed by atoms with E-state index in [2.05, 4.69) is 10.3 Å². The molecule has 0 aliphatic rings. The zero-order valence-electron chi connectivity index (χ0n) is 12.9. The number of nitrogens with one attached hydrogen (secondary N) is 1. The smallest absolute Gasteiger partial charge is 0.340 e. The molecule has 0 bridgehead atoms. The summed E-state index contributed by atoms with van der Waals surface area (Å²) in [5.41, 5.74) is 1.30. The molecule has 0 fully saturated rings. The van der Waals surface area contributed by atoms with Gasteiger partial charge < -0.3 is 14.8 Å². The van der Waals surface area contributed by atoms with Crippen molar-refractivity contribution in [2.45, 2.75) is 0 Å². The van der Waals surface area contributed by atoms with E-state index in [0.29, 0.717) is 11.4 Å². The van der Waals surface area contributed by atoms with Crippen LogP contribution in [-0.2, 0) is 4.74 Å². The first-order valence-corrected chi connectivity index (χ1v) is 7.10. The number of anilines is 2. The van der Waals surface area contributed by atoms with Crippen LogP contribution in [0.25, 0.3) is 10.8 Å². The van der Waals surface area contributed by atoms with E-state index in [4.69, 9.17) is 9.47 Å². The fourth-order valence-corrected chi connectivity index (χ4v) is 2.40. The van der Waals surface area contributed by atoms with Gasteiger partial charge in [0.15, 0.2) is 0 Å². The number of hydrogen-bond donors (Lipinski definition) is 1. The lowest BCUT2D eigenvalue weighted by atomic mass is 10.1. The Morgan fingerprint density at radius 1 is 1.04 bits per heavy atom. The Labute approximate surface area is 133 Å². The first kappa shape index (κ1) is 14.8. The summed E-state index contributed by atoms with van der Waals surface area (Å²) in [7, 11) is 2.98. The maximum Gasteiger partial charge on any atom is 0.340 e. The standard InChI is InChI=1S/C18H16N2O3/c1-22-13-7-5-6-12(10-13)20-17-15-9-4-3-8-14(15)16(11-19-17)18(21)23-2/h3-11H,1-2H3,(H,19,20). The minimum atomic E-state index is -0.401. The van der Waals surface area contributed by atoms with E-state index in [0.717, 1.165) is 22.2 Å². The normalized spacial score (nSPS) is 10.3. The van der Waals surface area contributed by atoms with Crippen molar-refractivity contribution in [2.75, 3.05) is 19.5 Å². The zero-order chi connectivity index (χ0) is 16.2. The number of methoxy groups -OCH3 is 2. The summed E-state index contributed by atoms with van der Waals surface area (Å²) in [4.78, 5) is 16.3. The van der Waals surface area contributed by atoms with Crippen LogP contribution < -0.4 is 10.1 Å². The molecule has 0 aliphatic heterocycles. The molecule has 0 spiro atoms. The van der Waals surface area contributed by atoms with Crippen LogP contribution in [0.15, 0.2) is 54.7 Å². The molecule has 0 amide bonds. The molecule has 5 nitrogen and oxygen atoms in total. The molecule has 0 saturated carbocycles. The van der Waals surface area contributed by atoms with E-state index >= 15 is 0 Å². The maximum atomic E-state index is 11.9. The minimum Gasteiger partial charge on any atom is -0.497 e. The van der Waals surface area contributed by atoms with Gasteiger partial charge in [-0.3, -0.25) is 0 Å². The van der Waals surface area contributed by atoms with Gasteiger partial charge in [-0.15, -0.1) is 0 Å². The van der Waals surface area contributed by atoms with Gasteiger partial charge in [-0.1, -0.05) is 30.3 Å². The number of ether oxygens (including phenoxy) is 2. The van der Waals surface area contributed by atoms with Gasteiger partial charge in [0.25, 0.3) is 0 Å². The van der Waals surface area contributed by atoms with Crippen LogP contribution in [0.5, 0.6) is 5.75 Å². The lowest BCUT2D eigenvalue weighted by molar-refractivity contribution is 0.0602. The number of pyridine rings is 1. The predicted molar refractivity (Wildman–Crippen MR) is 89.4 cm³/mol. The van der Waals surface area contributed by atoms with Crippen molar-refractivity contribution in [3.63, 3.8) is 0 Å². The van der Waals surface area contributed by atoms with Gasteiger partial charge in [0.2, 0.25) is 0 Å². The number of esters is 1. The molecule has 0 atom stereocenters. The van der Waals surface area contributed by atoms with Gasteiger partial charge >= 0.3 is 5.97 Å². The van der Waals surface area contributed by atoms with E-state index < -0.39 is 5.97 Å². The predicted octanol–water partition coefficient (Wildman–Crippen LogP) is 3.77. The van der Waals surface area contributed by atoms with E-state index in [1.54, 1.807) is 7.11 Å². The zero-order valence-corrected chi connectivity index (χ0v) is 12.9. The molecule has 1 heterocycles. The summed E-state index contributed by atoms with van der Waals surface area (Å²) in [6, 6.07) is 15.1.